The first-order valence-corrected chi connectivity index (χ1v) is 10.2. The van der Waals surface area contributed by atoms with Crippen molar-refractivity contribution in [1.29, 1.82) is 0 Å². The summed E-state index contributed by atoms with van der Waals surface area (Å²) in [6, 6.07) is 3.90. The molecule has 2 aliphatic heterocycles. The number of hydrogen-bond acceptors (Lipinski definition) is 5. The molecule has 1 atom stereocenters. The summed E-state index contributed by atoms with van der Waals surface area (Å²) in [5, 5.41) is -0.118. The minimum Gasteiger partial charge on any atom is -0.372 e. The highest BCUT2D eigenvalue weighted by Gasteiger charge is 2.47. The lowest BCUT2D eigenvalue weighted by Crippen LogP contribution is -2.47. The predicted molar refractivity (Wildman–Crippen MR) is 88.9 cm³/mol. The van der Waals surface area contributed by atoms with Crippen molar-refractivity contribution < 1.29 is 17.9 Å². The van der Waals surface area contributed by atoms with Crippen LogP contribution in [0.4, 0.5) is 0 Å². The summed E-state index contributed by atoms with van der Waals surface area (Å²) in [5.74, 6) is 0. The molecule has 1 aliphatic carbocycles. The first kappa shape index (κ1) is 16.4. The average Bonchev–Trinajstić information content (AvgIpc) is 3.39. The number of nitrogens with zero attached hydrogens (tertiary/aromatic N) is 2. The quantitative estimate of drug-likeness (QED) is 0.807. The highest BCUT2D eigenvalue weighted by Crippen LogP contribution is 2.40. The van der Waals surface area contributed by atoms with Gasteiger partial charge in [-0.05, 0) is 43.4 Å². The Morgan fingerprint density at radius 2 is 1.96 bits per heavy atom. The minimum atomic E-state index is -3.05. The summed E-state index contributed by atoms with van der Waals surface area (Å²) in [5.41, 5.74) is 0.912. The van der Waals surface area contributed by atoms with Gasteiger partial charge in [0.25, 0.3) is 0 Å². The van der Waals surface area contributed by atoms with Crippen molar-refractivity contribution in [3.63, 3.8) is 0 Å². The maximum atomic E-state index is 12.3. The molecule has 0 bridgehead atoms. The van der Waals surface area contributed by atoms with Gasteiger partial charge in [-0.25, -0.2) is 12.7 Å². The van der Waals surface area contributed by atoms with E-state index in [0.29, 0.717) is 26.3 Å². The number of rotatable bonds is 5. The van der Waals surface area contributed by atoms with Crippen molar-refractivity contribution in [3.05, 3.63) is 30.1 Å². The van der Waals surface area contributed by atoms with Crippen LogP contribution < -0.4 is 0 Å². The second-order valence-corrected chi connectivity index (χ2v) is 9.34. The zero-order chi connectivity index (χ0) is 16.6. The highest BCUT2D eigenvalue weighted by molar-refractivity contribution is 7.90. The van der Waals surface area contributed by atoms with E-state index in [1.807, 2.05) is 12.1 Å². The van der Waals surface area contributed by atoms with Crippen LogP contribution in [0.1, 0.15) is 37.7 Å². The van der Waals surface area contributed by atoms with E-state index in [4.69, 9.17) is 9.47 Å². The Balaban J connectivity index is 1.29. The van der Waals surface area contributed by atoms with Crippen LogP contribution in [0.3, 0.4) is 0 Å². The van der Waals surface area contributed by atoms with Crippen LogP contribution in [-0.2, 0) is 26.1 Å². The fraction of sp³-hybridized carbons (Fsp3) is 0.706. The molecule has 0 unspecified atom stereocenters. The van der Waals surface area contributed by atoms with Gasteiger partial charge in [-0.15, -0.1) is 0 Å². The first-order valence-electron chi connectivity index (χ1n) is 8.71. The third kappa shape index (κ3) is 3.35. The highest BCUT2D eigenvalue weighted by atomic mass is 32.2. The summed E-state index contributed by atoms with van der Waals surface area (Å²) in [7, 11) is -3.05. The molecule has 1 aromatic rings. The summed E-state index contributed by atoms with van der Waals surface area (Å²) < 4.78 is 38.4. The molecule has 0 aromatic carbocycles. The number of piperidine rings is 1. The van der Waals surface area contributed by atoms with Crippen LogP contribution in [0.15, 0.2) is 24.5 Å². The van der Waals surface area contributed by atoms with Crippen molar-refractivity contribution >= 4 is 10.0 Å². The fourth-order valence-corrected chi connectivity index (χ4v) is 5.52. The normalized spacial score (nSPS) is 27.6. The van der Waals surface area contributed by atoms with Gasteiger partial charge in [-0.2, -0.15) is 0 Å². The maximum Gasteiger partial charge on any atom is 0.216 e. The number of aromatic nitrogens is 1. The van der Waals surface area contributed by atoms with E-state index in [-0.39, 0.29) is 17.0 Å². The summed E-state index contributed by atoms with van der Waals surface area (Å²) >= 11 is 0. The molecule has 1 saturated carbocycles. The van der Waals surface area contributed by atoms with Crippen molar-refractivity contribution in [3.8, 4) is 0 Å². The molecule has 3 heterocycles. The Morgan fingerprint density at radius 1 is 1.25 bits per heavy atom. The lowest BCUT2D eigenvalue weighted by molar-refractivity contribution is -0.0343. The average molecular weight is 352 g/mol. The lowest BCUT2D eigenvalue weighted by atomic mass is 9.89. The Bertz CT molecular complexity index is 667. The van der Waals surface area contributed by atoms with E-state index in [0.717, 1.165) is 37.7 Å². The van der Waals surface area contributed by atoms with Gasteiger partial charge in [-0.3, -0.25) is 4.98 Å². The Labute approximate surface area is 143 Å². The second kappa shape index (κ2) is 6.37. The molecule has 0 N–H and O–H groups in total. The largest absolute Gasteiger partial charge is 0.372 e. The summed E-state index contributed by atoms with van der Waals surface area (Å²) in [6.07, 6.45) is 7.67. The van der Waals surface area contributed by atoms with E-state index < -0.39 is 10.0 Å². The zero-order valence-electron chi connectivity index (χ0n) is 13.8. The molecular formula is C17H24N2O4S. The monoisotopic (exact) mass is 352 g/mol. The molecule has 1 spiro atoms. The summed E-state index contributed by atoms with van der Waals surface area (Å²) in [6.45, 7) is 2.32. The number of pyridine rings is 1. The molecule has 4 rings (SSSR count). The minimum absolute atomic E-state index is 0.0877. The van der Waals surface area contributed by atoms with Crippen LogP contribution in [0.5, 0.6) is 0 Å². The number of sulfonamides is 1. The molecule has 6 nitrogen and oxygen atoms in total. The van der Waals surface area contributed by atoms with Gasteiger partial charge in [0.15, 0.2) is 0 Å². The van der Waals surface area contributed by atoms with Crippen molar-refractivity contribution in [2.75, 3.05) is 19.7 Å². The van der Waals surface area contributed by atoms with Crippen molar-refractivity contribution in [2.24, 2.45) is 0 Å². The Kier molecular flexibility index (Phi) is 4.36. The topological polar surface area (TPSA) is 68.7 Å². The van der Waals surface area contributed by atoms with Gasteiger partial charge in [0.1, 0.15) is 0 Å². The molecule has 3 aliphatic rings. The molecule has 0 radical (unpaired) electrons. The van der Waals surface area contributed by atoms with E-state index in [2.05, 4.69) is 4.98 Å². The third-order valence-electron chi connectivity index (χ3n) is 5.35. The van der Waals surface area contributed by atoms with Gasteiger partial charge in [0, 0.05) is 31.9 Å². The van der Waals surface area contributed by atoms with Gasteiger partial charge >= 0.3 is 0 Å². The van der Waals surface area contributed by atoms with E-state index >= 15 is 0 Å². The SMILES string of the molecule is O=S(=O)(C1CC1)N1CCC2(CC1)C[C@H](OCc1ccncc1)CO2. The second-order valence-electron chi connectivity index (χ2n) is 7.13. The Morgan fingerprint density at radius 3 is 2.62 bits per heavy atom. The van der Waals surface area contributed by atoms with Crippen LogP contribution in [0.2, 0.25) is 0 Å². The molecule has 0 amide bonds. The molecule has 24 heavy (non-hydrogen) atoms. The molecule has 3 fully saturated rings. The van der Waals surface area contributed by atoms with Crippen LogP contribution >= 0.6 is 0 Å². The Hall–Kier alpha value is -1.02. The molecular weight excluding hydrogens is 328 g/mol. The van der Waals surface area contributed by atoms with E-state index in [9.17, 15) is 8.42 Å². The molecule has 1 aromatic heterocycles. The van der Waals surface area contributed by atoms with Gasteiger partial charge in [-0.1, -0.05) is 0 Å². The number of hydrogen-bond donors (Lipinski definition) is 0. The first-order chi connectivity index (χ1) is 11.6. The lowest BCUT2D eigenvalue weighted by Gasteiger charge is -2.38. The third-order valence-corrected chi connectivity index (χ3v) is 7.75. The van der Waals surface area contributed by atoms with Gasteiger partial charge < -0.3 is 9.47 Å². The number of ether oxygens (including phenoxy) is 2. The standard InChI is InChI=1S/C17H24N2O4S/c20-24(21,16-1-2-16)19-9-5-17(6-10-19)11-15(13-23-17)22-12-14-3-7-18-8-4-14/h3-4,7-8,15-16H,1-2,5-6,9-13H2/t15-/m0/s1. The fourth-order valence-electron chi connectivity index (χ4n) is 3.68. The maximum absolute atomic E-state index is 12.3. The van der Waals surface area contributed by atoms with Gasteiger partial charge in [0.05, 0.1) is 30.2 Å². The molecule has 132 valence electrons. The van der Waals surface area contributed by atoms with E-state index in [1.54, 1.807) is 16.7 Å². The predicted octanol–water partition coefficient (Wildman–Crippen LogP) is 1.71. The zero-order valence-corrected chi connectivity index (χ0v) is 14.6. The summed E-state index contributed by atoms with van der Waals surface area (Å²) in [4.78, 5) is 4.00. The molecule has 7 heteroatoms. The van der Waals surface area contributed by atoms with Gasteiger partial charge in [0.2, 0.25) is 10.0 Å². The molecule has 2 saturated heterocycles. The van der Waals surface area contributed by atoms with Crippen molar-refractivity contribution in [1.82, 2.24) is 9.29 Å². The van der Waals surface area contributed by atoms with E-state index in [1.165, 1.54) is 0 Å². The van der Waals surface area contributed by atoms with Crippen LogP contribution in [0.25, 0.3) is 0 Å². The van der Waals surface area contributed by atoms with Crippen LogP contribution in [0, 0.1) is 0 Å². The smallest absolute Gasteiger partial charge is 0.216 e. The van der Waals surface area contributed by atoms with Crippen LogP contribution in [-0.4, -0.2) is 54.4 Å². The van der Waals surface area contributed by atoms with Crippen molar-refractivity contribution in [2.45, 2.75) is 55.7 Å².